The molecule has 1 fully saturated rings. The SMILES string of the molecule is COCC(C)Nc1cc(-c2cc(C)c(=O)n(C)c2)ccc1NC(=O)C1CC(F)(F)C1. The zero-order chi connectivity index (χ0) is 22.1. The first-order chi connectivity index (χ1) is 14.1. The maximum absolute atomic E-state index is 13.1. The molecule has 30 heavy (non-hydrogen) atoms. The Labute approximate surface area is 174 Å². The van der Waals surface area contributed by atoms with E-state index in [4.69, 9.17) is 4.74 Å². The van der Waals surface area contributed by atoms with Crippen molar-refractivity contribution in [1.82, 2.24) is 4.57 Å². The molecular weight excluding hydrogens is 392 g/mol. The molecular formula is C22H27F2N3O3. The predicted molar refractivity (Wildman–Crippen MR) is 113 cm³/mol. The fourth-order valence-corrected chi connectivity index (χ4v) is 3.63. The molecule has 1 saturated carbocycles. The molecule has 6 nitrogen and oxygen atoms in total. The van der Waals surface area contributed by atoms with Crippen LogP contribution in [0.25, 0.3) is 11.1 Å². The average molecular weight is 419 g/mol. The van der Waals surface area contributed by atoms with Crippen molar-refractivity contribution in [2.24, 2.45) is 13.0 Å². The van der Waals surface area contributed by atoms with E-state index in [2.05, 4.69) is 10.6 Å². The lowest BCUT2D eigenvalue weighted by Crippen LogP contribution is -2.42. The van der Waals surface area contributed by atoms with Crippen molar-refractivity contribution in [3.05, 3.63) is 46.4 Å². The van der Waals surface area contributed by atoms with E-state index in [1.54, 1.807) is 33.3 Å². The Kier molecular flexibility index (Phi) is 6.26. The summed E-state index contributed by atoms with van der Waals surface area (Å²) in [5.74, 6) is -3.84. The summed E-state index contributed by atoms with van der Waals surface area (Å²) in [6.07, 6.45) is 0.913. The summed E-state index contributed by atoms with van der Waals surface area (Å²) in [7, 11) is 3.29. The van der Waals surface area contributed by atoms with E-state index in [-0.39, 0.29) is 11.6 Å². The second-order valence-corrected chi connectivity index (χ2v) is 8.04. The van der Waals surface area contributed by atoms with Gasteiger partial charge in [0.25, 0.3) is 5.56 Å². The molecule has 2 aromatic rings. The smallest absolute Gasteiger partial charge is 0.253 e. The number of hydrogen-bond donors (Lipinski definition) is 2. The molecule has 0 radical (unpaired) electrons. The van der Waals surface area contributed by atoms with Crippen molar-refractivity contribution in [3.8, 4) is 11.1 Å². The van der Waals surface area contributed by atoms with Gasteiger partial charge in [0.1, 0.15) is 0 Å². The van der Waals surface area contributed by atoms with Crippen LogP contribution in [0.2, 0.25) is 0 Å². The number of aryl methyl sites for hydroxylation is 2. The van der Waals surface area contributed by atoms with Gasteiger partial charge in [0.2, 0.25) is 11.8 Å². The zero-order valence-electron chi connectivity index (χ0n) is 17.6. The van der Waals surface area contributed by atoms with Crippen LogP contribution >= 0.6 is 0 Å². The Morgan fingerprint density at radius 2 is 1.97 bits per heavy atom. The molecule has 1 amide bonds. The number of nitrogens with one attached hydrogen (secondary N) is 2. The van der Waals surface area contributed by atoms with Gasteiger partial charge < -0.3 is 19.9 Å². The first-order valence-electron chi connectivity index (χ1n) is 9.85. The minimum atomic E-state index is -2.75. The molecule has 3 rings (SSSR count). The standard InChI is InChI=1S/C22H27F2N3O3/c1-13-7-16(11-27(3)21(13)29)15-5-6-18(19(8-15)25-14(2)12-30-4)26-20(28)17-9-22(23,24)10-17/h5-8,11,14,17,25H,9-10,12H2,1-4H3,(H,26,28). The first kappa shape index (κ1) is 22.0. The van der Waals surface area contributed by atoms with Crippen LogP contribution in [0.1, 0.15) is 25.3 Å². The second kappa shape index (κ2) is 8.55. The average Bonchev–Trinajstić information content (AvgIpc) is 2.65. The molecule has 0 bridgehead atoms. The fraction of sp³-hybridized carbons (Fsp3) is 0.455. The Morgan fingerprint density at radius 3 is 2.57 bits per heavy atom. The number of alkyl halides is 2. The number of hydrogen-bond acceptors (Lipinski definition) is 4. The number of carbonyl (C=O) groups is 1. The Hall–Kier alpha value is -2.74. The van der Waals surface area contributed by atoms with Gasteiger partial charge in [-0.15, -0.1) is 0 Å². The predicted octanol–water partition coefficient (Wildman–Crippen LogP) is 3.79. The quantitative estimate of drug-likeness (QED) is 0.716. The molecule has 0 aliphatic heterocycles. The fourth-order valence-electron chi connectivity index (χ4n) is 3.63. The molecule has 8 heteroatoms. The van der Waals surface area contributed by atoms with Crippen molar-refractivity contribution in [1.29, 1.82) is 0 Å². The van der Waals surface area contributed by atoms with Crippen molar-refractivity contribution >= 4 is 17.3 Å². The summed E-state index contributed by atoms with van der Waals surface area (Å²) in [5.41, 5.74) is 3.45. The van der Waals surface area contributed by atoms with Gasteiger partial charge in [-0.05, 0) is 43.2 Å². The maximum atomic E-state index is 13.1. The van der Waals surface area contributed by atoms with Crippen LogP contribution in [0.15, 0.2) is 35.3 Å². The number of halogens is 2. The number of rotatable bonds is 7. The second-order valence-electron chi connectivity index (χ2n) is 8.04. The summed E-state index contributed by atoms with van der Waals surface area (Å²) in [5, 5.41) is 6.08. The number of benzene rings is 1. The Morgan fingerprint density at radius 1 is 1.27 bits per heavy atom. The van der Waals surface area contributed by atoms with Crippen LogP contribution in [-0.2, 0) is 16.6 Å². The summed E-state index contributed by atoms with van der Waals surface area (Å²) in [6, 6.07) is 7.21. The van der Waals surface area contributed by atoms with Gasteiger partial charge >= 0.3 is 0 Å². The highest BCUT2D eigenvalue weighted by molar-refractivity contribution is 5.97. The van der Waals surface area contributed by atoms with E-state index in [0.29, 0.717) is 23.5 Å². The molecule has 1 atom stereocenters. The van der Waals surface area contributed by atoms with Gasteiger partial charge in [0.15, 0.2) is 0 Å². The minimum absolute atomic E-state index is 0.0456. The van der Waals surface area contributed by atoms with Crippen LogP contribution in [-0.4, -0.2) is 36.2 Å². The van der Waals surface area contributed by atoms with Gasteiger partial charge in [0, 0.05) is 50.7 Å². The van der Waals surface area contributed by atoms with E-state index in [1.807, 2.05) is 25.1 Å². The lowest BCUT2D eigenvalue weighted by molar-refractivity contribution is -0.145. The third-order valence-corrected chi connectivity index (χ3v) is 5.25. The van der Waals surface area contributed by atoms with Crippen LogP contribution in [0.4, 0.5) is 20.2 Å². The van der Waals surface area contributed by atoms with Crippen molar-refractivity contribution in [3.63, 3.8) is 0 Å². The van der Waals surface area contributed by atoms with Gasteiger partial charge in [-0.25, -0.2) is 8.78 Å². The Bertz CT molecular complexity index is 969. The number of methoxy groups -OCH3 is 1. The summed E-state index contributed by atoms with van der Waals surface area (Å²) in [4.78, 5) is 24.4. The van der Waals surface area contributed by atoms with Gasteiger partial charge in [0.05, 0.1) is 18.0 Å². The molecule has 162 valence electrons. The van der Waals surface area contributed by atoms with Crippen molar-refractivity contribution in [2.75, 3.05) is 24.4 Å². The number of amides is 1. The molecule has 0 spiro atoms. The molecule has 1 heterocycles. The van der Waals surface area contributed by atoms with Gasteiger partial charge in [-0.2, -0.15) is 0 Å². The van der Waals surface area contributed by atoms with Crippen LogP contribution in [0.3, 0.4) is 0 Å². The van der Waals surface area contributed by atoms with E-state index >= 15 is 0 Å². The Balaban J connectivity index is 1.90. The number of carbonyl (C=O) groups excluding carboxylic acids is 1. The lowest BCUT2D eigenvalue weighted by Gasteiger charge is -2.33. The van der Waals surface area contributed by atoms with E-state index < -0.39 is 30.6 Å². The number of aromatic nitrogens is 1. The van der Waals surface area contributed by atoms with Crippen LogP contribution in [0.5, 0.6) is 0 Å². The van der Waals surface area contributed by atoms with Gasteiger partial charge in [-0.3, -0.25) is 9.59 Å². The highest BCUT2D eigenvalue weighted by Gasteiger charge is 2.48. The number of nitrogens with zero attached hydrogens (tertiary/aromatic N) is 1. The molecule has 1 aliphatic rings. The van der Waals surface area contributed by atoms with Crippen LogP contribution in [0, 0.1) is 12.8 Å². The van der Waals surface area contributed by atoms with Crippen LogP contribution < -0.4 is 16.2 Å². The first-order valence-corrected chi connectivity index (χ1v) is 9.85. The molecule has 2 N–H and O–H groups in total. The van der Waals surface area contributed by atoms with E-state index in [1.165, 1.54) is 4.57 Å². The maximum Gasteiger partial charge on any atom is 0.253 e. The van der Waals surface area contributed by atoms with Gasteiger partial charge in [-0.1, -0.05) is 6.07 Å². The number of ether oxygens (including phenoxy) is 1. The molecule has 1 aromatic heterocycles. The number of pyridine rings is 1. The monoisotopic (exact) mass is 419 g/mol. The minimum Gasteiger partial charge on any atom is -0.383 e. The highest BCUT2D eigenvalue weighted by atomic mass is 19.3. The normalized spacial score (nSPS) is 16.6. The third-order valence-electron chi connectivity index (χ3n) is 5.25. The molecule has 1 aliphatic carbocycles. The van der Waals surface area contributed by atoms with Crippen molar-refractivity contribution < 1.29 is 18.3 Å². The zero-order valence-corrected chi connectivity index (χ0v) is 17.6. The third kappa shape index (κ3) is 4.87. The van der Waals surface area contributed by atoms with E-state index in [9.17, 15) is 18.4 Å². The summed E-state index contributed by atoms with van der Waals surface area (Å²) in [6.45, 7) is 4.14. The topological polar surface area (TPSA) is 72.4 Å². The summed E-state index contributed by atoms with van der Waals surface area (Å²) < 4.78 is 33.0. The lowest BCUT2D eigenvalue weighted by atomic mass is 9.80. The number of anilines is 2. The van der Waals surface area contributed by atoms with E-state index in [0.717, 1.165) is 11.1 Å². The van der Waals surface area contributed by atoms with Crippen molar-refractivity contribution in [2.45, 2.75) is 38.7 Å². The highest BCUT2D eigenvalue weighted by Crippen LogP contribution is 2.43. The largest absolute Gasteiger partial charge is 0.383 e. The molecule has 1 unspecified atom stereocenters. The molecule has 0 saturated heterocycles. The summed E-state index contributed by atoms with van der Waals surface area (Å²) >= 11 is 0. The molecule has 1 aromatic carbocycles.